The van der Waals surface area contributed by atoms with Crippen molar-refractivity contribution >= 4 is 34.4 Å². The number of halogens is 1. The summed E-state index contributed by atoms with van der Waals surface area (Å²) in [4.78, 5) is 27.3. The molecule has 1 unspecified atom stereocenters. The molecule has 5 heteroatoms. The zero-order valence-electron chi connectivity index (χ0n) is 13.1. The summed E-state index contributed by atoms with van der Waals surface area (Å²) in [7, 11) is 7.01. The molecule has 1 rings (SSSR count). The average Bonchev–Trinajstić information content (AvgIpc) is 2.43. The van der Waals surface area contributed by atoms with Gasteiger partial charge in [0.2, 0.25) is 11.8 Å². The van der Waals surface area contributed by atoms with Gasteiger partial charge < -0.3 is 9.80 Å². The van der Waals surface area contributed by atoms with Gasteiger partial charge >= 0.3 is 0 Å². The molecule has 0 saturated heterocycles. The van der Waals surface area contributed by atoms with Crippen LogP contribution in [0.25, 0.3) is 0 Å². The van der Waals surface area contributed by atoms with Crippen LogP contribution in [0.2, 0.25) is 0 Å². The van der Waals surface area contributed by atoms with Crippen molar-refractivity contribution in [1.82, 2.24) is 9.80 Å². The molecule has 0 fully saturated rings. The highest BCUT2D eigenvalue weighted by Crippen LogP contribution is 2.20. The molecule has 0 spiro atoms. The quantitative estimate of drug-likeness (QED) is 0.686. The third-order valence-corrected chi connectivity index (χ3v) is 4.47. The minimum absolute atomic E-state index is 0.0642. The molecule has 0 saturated carbocycles. The summed E-state index contributed by atoms with van der Waals surface area (Å²) in [6, 6.07) is 8.06. The lowest BCUT2D eigenvalue weighted by Crippen LogP contribution is -2.32. The first-order valence-electron chi connectivity index (χ1n) is 6.97. The second kappa shape index (κ2) is 8.36. The fourth-order valence-electron chi connectivity index (χ4n) is 2.13. The van der Waals surface area contributed by atoms with E-state index in [9.17, 15) is 9.59 Å². The third-order valence-electron chi connectivity index (χ3n) is 3.42. The van der Waals surface area contributed by atoms with Gasteiger partial charge in [-0.15, -0.1) is 0 Å². The van der Waals surface area contributed by atoms with Gasteiger partial charge in [0.1, 0.15) is 0 Å². The van der Waals surface area contributed by atoms with Gasteiger partial charge in [-0.3, -0.25) is 9.59 Å². The van der Waals surface area contributed by atoms with Crippen molar-refractivity contribution < 1.29 is 9.59 Å². The normalized spacial score (nSPS) is 11.9. The molecule has 0 heterocycles. The summed E-state index contributed by atoms with van der Waals surface area (Å²) < 4.78 is 1.16. The standard InChI is InChI=1S/C16H23IN2O2/c1-18(2)15(20)10-9-13(16(21)19(3)4)11-12-7-5-6-8-14(12)17/h5-8,13H,9-11H2,1-4H3. The fourth-order valence-corrected chi connectivity index (χ4v) is 2.74. The first-order valence-corrected chi connectivity index (χ1v) is 8.05. The van der Waals surface area contributed by atoms with E-state index in [1.807, 2.05) is 24.3 Å². The lowest BCUT2D eigenvalue weighted by atomic mass is 9.93. The van der Waals surface area contributed by atoms with E-state index >= 15 is 0 Å². The van der Waals surface area contributed by atoms with Crippen molar-refractivity contribution in [2.75, 3.05) is 28.2 Å². The predicted molar refractivity (Wildman–Crippen MR) is 93.0 cm³/mol. The number of carbonyl (C=O) groups excluding carboxylic acids is 2. The van der Waals surface area contributed by atoms with Crippen molar-refractivity contribution in [2.24, 2.45) is 5.92 Å². The summed E-state index contributed by atoms with van der Waals surface area (Å²) in [5, 5.41) is 0. The third kappa shape index (κ3) is 5.65. The molecule has 0 aliphatic rings. The molecule has 116 valence electrons. The summed E-state index contributed by atoms with van der Waals surface area (Å²) >= 11 is 2.29. The van der Waals surface area contributed by atoms with E-state index in [4.69, 9.17) is 0 Å². The van der Waals surface area contributed by atoms with Crippen molar-refractivity contribution in [3.05, 3.63) is 33.4 Å². The van der Waals surface area contributed by atoms with Crippen LogP contribution >= 0.6 is 22.6 Å². The van der Waals surface area contributed by atoms with Crippen LogP contribution in [-0.2, 0) is 16.0 Å². The zero-order chi connectivity index (χ0) is 16.0. The largest absolute Gasteiger partial charge is 0.349 e. The Balaban J connectivity index is 2.81. The Bertz CT molecular complexity index is 501. The Hall–Kier alpha value is -1.11. The minimum atomic E-state index is -0.153. The highest BCUT2D eigenvalue weighted by atomic mass is 127. The molecule has 1 aromatic carbocycles. The van der Waals surface area contributed by atoms with Crippen LogP contribution in [0.3, 0.4) is 0 Å². The highest BCUT2D eigenvalue weighted by Gasteiger charge is 2.22. The lowest BCUT2D eigenvalue weighted by molar-refractivity contribution is -0.134. The Kier molecular flexibility index (Phi) is 7.14. The molecule has 2 amide bonds. The van der Waals surface area contributed by atoms with Crippen LogP contribution in [0.5, 0.6) is 0 Å². The number of benzene rings is 1. The molecule has 4 nitrogen and oxygen atoms in total. The second-order valence-electron chi connectivity index (χ2n) is 5.55. The predicted octanol–water partition coefficient (Wildman–Crippen LogP) is 2.41. The van der Waals surface area contributed by atoms with Gasteiger partial charge in [-0.1, -0.05) is 18.2 Å². The van der Waals surface area contributed by atoms with Crippen LogP contribution < -0.4 is 0 Å². The maximum absolute atomic E-state index is 12.3. The van der Waals surface area contributed by atoms with Gasteiger partial charge in [0, 0.05) is 44.1 Å². The monoisotopic (exact) mass is 402 g/mol. The van der Waals surface area contributed by atoms with Crippen LogP contribution in [0.4, 0.5) is 0 Å². The van der Waals surface area contributed by atoms with Gasteiger partial charge in [0.05, 0.1) is 0 Å². The van der Waals surface area contributed by atoms with E-state index in [1.165, 1.54) is 0 Å². The molecular formula is C16H23IN2O2. The van der Waals surface area contributed by atoms with E-state index in [0.29, 0.717) is 19.3 Å². The summed E-state index contributed by atoms with van der Waals surface area (Å²) in [5.41, 5.74) is 1.16. The Morgan fingerprint density at radius 2 is 1.71 bits per heavy atom. The van der Waals surface area contributed by atoms with Crippen molar-refractivity contribution in [3.63, 3.8) is 0 Å². The van der Waals surface area contributed by atoms with E-state index in [2.05, 4.69) is 22.6 Å². The Morgan fingerprint density at radius 1 is 1.10 bits per heavy atom. The van der Waals surface area contributed by atoms with E-state index in [-0.39, 0.29) is 17.7 Å². The van der Waals surface area contributed by atoms with Gasteiger partial charge in [-0.25, -0.2) is 0 Å². The molecule has 0 aromatic heterocycles. The molecule has 1 aromatic rings. The maximum Gasteiger partial charge on any atom is 0.225 e. The smallest absolute Gasteiger partial charge is 0.225 e. The van der Waals surface area contributed by atoms with Crippen LogP contribution in [0, 0.1) is 9.49 Å². The van der Waals surface area contributed by atoms with Gasteiger partial charge in [-0.05, 0) is 47.1 Å². The van der Waals surface area contributed by atoms with E-state index in [1.54, 1.807) is 38.0 Å². The van der Waals surface area contributed by atoms with Crippen LogP contribution in [0.15, 0.2) is 24.3 Å². The molecule has 0 radical (unpaired) electrons. The van der Waals surface area contributed by atoms with E-state index in [0.717, 1.165) is 9.13 Å². The van der Waals surface area contributed by atoms with Crippen LogP contribution in [0.1, 0.15) is 18.4 Å². The SMILES string of the molecule is CN(C)C(=O)CCC(Cc1ccccc1I)C(=O)N(C)C. The number of hydrogen-bond acceptors (Lipinski definition) is 2. The Labute approximate surface area is 140 Å². The number of hydrogen-bond donors (Lipinski definition) is 0. The molecule has 0 bridgehead atoms. The molecule has 0 aliphatic carbocycles. The number of amides is 2. The van der Waals surface area contributed by atoms with Crippen molar-refractivity contribution in [2.45, 2.75) is 19.3 Å². The molecular weight excluding hydrogens is 379 g/mol. The van der Waals surface area contributed by atoms with Gasteiger partial charge in [0.15, 0.2) is 0 Å². The first-order chi connectivity index (χ1) is 9.82. The van der Waals surface area contributed by atoms with E-state index < -0.39 is 0 Å². The second-order valence-corrected chi connectivity index (χ2v) is 6.71. The van der Waals surface area contributed by atoms with Gasteiger partial charge in [0.25, 0.3) is 0 Å². The maximum atomic E-state index is 12.3. The average molecular weight is 402 g/mol. The molecule has 0 N–H and O–H groups in total. The Morgan fingerprint density at radius 3 is 2.24 bits per heavy atom. The summed E-state index contributed by atoms with van der Waals surface area (Å²) in [6.45, 7) is 0. The van der Waals surface area contributed by atoms with Crippen LogP contribution in [-0.4, -0.2) is 49.8 Å². The van der Waals surface area contributed by atoms with Crippen molar-refractivity contribution in [1.29, 1.82) is 0 Å². The van der Waals surface area contributed by atoms with Gasteiger partial charge in [-0.2, -0.15) is 0 Å². The highest BCUT2D eigenvalue weighted by molar-refractivity contribution is 14.1. The van der Waals surface area contributed by atoms with Crippen molar-refractivity contribution in [3.8, 4) is 0 Å². The number of rotatable bonds is 6. The topological polar surface area (TPSA) is 40.6 Å². The fraction of sp³-hybridized carbons (Fsp3) is 0.500. The molecule has 21 heavy (non-hydrogen) atoms. The lowest BCUT2D eigenvalue weighted by Gasteiger charge is -2.21. The first kappa shape index (κ1) is 17.9. The molecule has 0 aliphatic heterocycles. The zero-order valence-corrected chi connectivity index (χ0v) is 15.3. The molecule has 1 atom stereocenters. The number of carbonyl (C=O) groups is 2. The number of nitrogens with zero attached hydrogens (tertiary/aromatic N) is 2. The minimum Gasteiger partial charge on any atom is -0.349 e. The summed E-state index contributed by atoms with van der Waals surface area (Å²) in [6.07, 6.45) is 1.66. The summed E-state index contributed by atoms with van der Waals surface area (Å²) in [5.74, 6) is -0.00431.